The first-order valence-electron chi connectivity index (χ1n) is 6.47. The van der Waals surface area contributed by atoms with Gasteiger partial charge in [-0.3, -0.25) is 4.79 Å². The SMILES string of the molecule is CCCC(CC(=O)O)NC(=O)Nc1cc(C)cc(F)c1. The highest BCUT2D eigenvalue weighted by atomic mass is 19.1. The number of nitrogens with one attached hydrogen (secondary N) is 2. The minimum atomic E-state index is -0.967. The van der Waals surface area contributed by atoms with Gasteiger partial charge < -0.3 is 15.7 Å². The Bertz CT molecular complexity index is 471. The number of carboxylic acid groups (broad SMARTS) is 1. The minimum absolute atomic E-state index is 0.135. The monoisotopic (exact) mass is 282 g/mol. The van der Waals surface area contributed by atoms with E-state index in [0.29, 0.717) is 17.7 Å². The van der Waals surface area contributed by atoms with Gasteiger partial charge in [-0.15, -0.1) is 0 Å². The second-order valence-electron chi connectivity index (χ2n) is 4.70. The molecule has 0 saturated heterocycles. The predicted molar refractivity (Wildman–Crippen MR) is 74.2 cm³/mol. The number of halogens is 1. The van der Waals surface area contributed by atoms with Gasteiger partial charge >= 0.3 is 12.0 Å². The number of carbonyl (C=O) groups excluding carboxylic acids is 1. The average Bonchev–Trinajstić information content (AvgIpc) is 2.26. The Morgan fingerprint density at radius 1 is 1.35 bits per heavy atom. The molecule has 0 bridgehead atoms. The Labute approximate surface area is 117 Å². The van der Waals surface area contributed by atoms with E-state index in [4.69, 9.17) is 5.11 Å². The summed E-state index contributed by atoms with van der Waals surface area (Å²) in [6.45, 7) is 3.63. The number of aryl methyl sites for hydroxylation is 1. The van der Waals surface area contributed by atoms with Gasteiger partial charge in [0.1, 0.15) is 5.82 Å². The van der Waals surface area contributed by atoms with E-state index in [1.807, 2.05) is 6.92 Å². The van der Waals surface area contributed by atoms with Crippen LogP contribution in [0.25, 0.3) is 0 Å². The van der Waals surface area contributed by atoms with Gasteiger partial charge in [-0.2, -0.15) is 0 Å². The molecule has 20 heavy (non-hydrogen) atoms. The topological polar surface area (TPSA) is 78.4 Å². The Balaban J connectivity index is 2.62. The van der Waals surface area contributed by atoms with E-state index in [9.17, 15) is 14.0 Å². The highest BCUT2D eigenvalue weighted by Crippen LogP contribution is 2.13. The third-order valence-electron chi connectivity index (χ3n) is 2.69. The van der Waals surface area contributed by atoms with Gasteiger partial charge in [0.2, 0.25) is 0 Å². The maximum atomic E-state index is 13.2. The summed E-state index contributed by atoms with van der Waals surface area (Å²) in [5, 5.41) is 13.9. The molecular formula is C14H19FN2O3. The van der Waals surface area contributed by atoms with Crippen molar-refractivity contribution >= 4 is 17.7 Å². The Kier molecular flexibility index (Phi) is 5.96. The number of urea groups is 1. The van der Waals surface area contributed by atoms with Crippen molar-refractivity contribution in [3.8, 4) is 0 Å². The van der Waals surface area contributed by atoms with Gasteiger partial charge in [-0.1, -0.05) is 13.3 Å². The van der Waals surface area contributed by atoms with Crippen LogP contribution in [0.15, 0.2) is 18.2 Å². The summed E-state index contributed by atoms with van der Waals surface area (Å²) in [6.07, 6.45) is 1.20. The normalized spacial score (nSPS) is 11.8. The van der Waals surface area contributed by atoms with E-state index in [0.717, 1.165) is 6.42 Å². The van der Waals surface area contributed by atoms with Crippen molar-refractivity contribution in [2.45, 2.75) is 39.2 Å². The number of carbonyl (C=O) groups is 2. The zero-order valence-electron chi connectivity index (χ0n) is 11.6. The molecule has 110 valence electrons. The van der Waals surface area contributed by atoms with Crippen molar-refractivity contribution in [2.75, 3.05) is 5.32 Å². The number of amides is 2. The molecule has 5 nitrogen and oxygen atoms in total. The largest absolute Gasteiger partial charge is 0.481 e. The van der Waals surface area contributed by atoms with Crippen LogP contribution in [0, 0.1) is 12.7 Å². The van der Waals surface area contributed by atoms with E-state index in [-0.39, 0.29) is 6.42 Å². The van der Waals surface area contributed by atoms with Crippen LogP contribution in [0.3, 0.4) is 0 Å². The summed E-state index contributed by atoms with van der Waals surface area (Å²) in [5.41, 5.74) is 1.03. The quantitative estimate of drug-likeness (QED) is 0.750. The lowest BCUT2D eigenvalue weighted by Crippen LogP contribution is -2.39. The molecule has 0 aromatic heterocycles. The molecule has 1 unspecified atom stereocenters. The first kappa shape index (κ1) is 15.9. The van der Waals surface area contributed by atoms with Crippen molar-refractivity contribution in [2.24, 2.45) is 0 Å². The van der Waals surface area contributed by atoms with E-state index in [1.165, 1.54) is 12.1 Å². The molecule has 0 aliphatic heterocycles. The summed E-state index contributed by atoms with van der Waals surface area (Å²) < 4.78 is 13.2. The molecule has 1 rings (SSSR count). The number of rotatable bonds is 6. The van der Waals surface area contributed by atoms with Crippen molar-refractivity contribution < 1.29 is 19.1 Å². The lowest BCUT2D eigenvalue weighted by molar-refractivity contribution is -0.137. The highest BCUT2D eigenvalue weighted by Gasteiger charge is 2.15. The van der Waals surface area contributed by atoms with Crippen LogP contribution in [0.2, 0.25) is 0 Å². The standard InChI is InChI=1S/C14H19FN2O3/c1-3-4-11(8-13(18)19)16-14(20)17-12-6-9(2)5-10(15)7-12/h5-7,11H,3-4,8H2,1-2H3,(H,18,19)(H2,16,17,20). The lowest BCUT2D eigenvalue weighted by Gasteiger charge is -2.16. The summed E-state index contributed by atoms with van der Waals surface area (Å²) >= 11 is 0. The van der Waals surface area contributed by atoms with Gasteiger partial charge in [0.25, 0.3) is 0 Å². The fraction of sp³-hybridized carbons (Fsp3) is 0.429. The fourth-order valence-corrected chi connectivity index (χ4v) is 1.95. The number of benzene rings is 1. The molecule has 1 aromatic rings. The Morgan fingerprint density at radius 3 is 2.60 bits per heavy atom. The summed E-state index contributed by atoms with van der Waals surface area (Å²) in [5.74, 6) is -1.40. The van der Waals surface area contributed by atoms with E-state index in [2.05, 4.69) is 10.6 Å². The minimum Gasteiger partial charge on any atom is -0.481 e. The number of hydrogen-bond donors (Lipinski definition) is 3. The second-order valence-corrected chi connectivity index (χ2v) is 4.70. The smallest absolute Gasteiger partial charge is 0.319 e. The zero-order chi connectivity index (χ0) is 15.1. The molecule has 0 aliphatic rings. The van der Waals surface area contributed by atoms with Crippen LogP contribution in [0.1, 0.15) is 31.7 Å². The summed E-state index contributed by atoms with van der Waals surface area (Å²) in [7, 11) is 0. The van der Waals surface area contributed by atoms with E-state index >= 15 is 0 Å². The third-order valence-corrected chi connectivity index (χ3v) is 2.69. The molecular weight excluding hydrogens is 263 g/mol. The van der Waals surface area contributed by atoms with Gasteiger partial charge in [-0.25, -0.2) is 9.18 Å². The molecule has 0 spiro atoms. The fourth-order valence-electron chi connectivity index (χ4n) is 1.95. The van der Waals surface area contributed by atoms with Crippen molar-refractivity contribution in [1.82, 2.24) is 5.32 Å². The predicted octanol–water partition coefficient (Wildman–Crippen LogP) is 2.90. The molecule has 3 N–H and O–H groups in total. The lowest BCUT2D eigenvalue weighted by atomic mass is 10.1. The maximum Gasteiger partial charge on any atom is 0.319 e. The Hall–Kier alpha value is -2.11. The van der Waals surface area contributed by atoms with Gasteiger partial charge in [0.05, 0.1) is 6.42 Å². The maximum absolute atomic E-state index is 13.2. The third kappa shape index (κ3) is 5.69. The second kappa shape index (κ2) is 7.47. The number of aliphatic carboxylic acids is 1. The molecule has 0 saturated carbocycles. The van der Waals surface area contributed by atoms with Crippen molar-refractivity contribution in [3.63, 3.8) is 0 Å². The van der Waals surface area contributed by atoms with Crippen molar-refractivity contribution in [1.29, 1.82) is 0 Å². The van der Waals surface area contributed by atoms with Crippen LogP contribution in [-0.4, -0.2) is 23.1 Å². The van der Waals surface area contributed by atoms with E-state index in [1.54, 1.807) is 13.0 Å². The zero-order valence-corrected chi connectivity index (χ0v) is 11.6. The van der Waals surface area contributed by atoms with Crippen LogP contribution < -0.4 is 10.6 Å². The molecule has 0 radical (unpaired) electrons. The first-order chi connectivity index (χ1) is 9.40. The van der Waals surface area contributed by atoms with Crippen molar-refractivity contribution in [3.05, 3.63) is 29.6 Å². The molecule has 6 heteroatoms. The number of hydrogen-bond acceptors (Lipinski definition) is 2. The van der Waals surface area contributed by atoms with E-state index < -0.39 is 23.9 Å². The van der Waals surface area contributed by atoms with Crippen LogP contribution in [0.4, 0.5) is 14.9 Å². The Morgan fingerprint density at radius 2 is 2.05 bits per heavy atom. The van der Waals surface area contributed by atoms with Gasteiger partial charge in [-0.05, 0) is 37.1 Å². The molecule has 0 fully saturated rings. The number of carboxylic acids is 1. The van der Waals surface area contributed by atoms with Crippen LogP contribution in [-0.2, 0) is 4.79 Å². The first-order valence-corrected chi connectivity index (χ1v) is 6.47. The summed E-state index contributed by atoms with van der Waals surface area (Å²) in [4.78, 5) is 22.5. The number of anilines is 1. The molecule has 0 aliphatic carbocycles. The molecule has 2 amide bonds. The molecule has 0 heterocycles. The van der Waals surface area contributed by atoms with Crippen LogP contribution in [0.5, 0.6) is 0 Å². The van der Waals surface area contributed by atoms with Crippen LogP contribution >= 0.6 is 0 Å². The molecule has 1 aromatic carbocycles. The average molecular weight is 282 g/mol. The van der Waals surface area contributed by atoms with Gasteiger partial charge in [0, 0.05) is 11.7 Å². The molecule has 1 atom stereocenters. The van der Waals surface area contributed by atoms with Gasteiger partial charge in [0.15, 0.2) is 0 Å². The summed E-state index contributed by atoms with van der Waals surface area (Å²) in [6, 6.07) is 3.22. The highest BCUT2D eigenvalue weighted by molar-refractivity contribution is 5.89.